The number of aliphatic hydroxyl groups is 3. The van der Waals surface area contributed by atoms with E-state index < -0.39 is 36.3 Å². The number of aromatic amines is 1. The molecule has 1 aliphatic heterocycles. The Labute approximate surface area is 116 Å². The van der Waals surface area contributed by atoms with Crippen molar-refractivity contribution in [2.75, 3.05) is 12.3 Å². The summed E-state index contributed by atoms with van der Waals surface area (Å²) in [6, 6.07) is 0. The molecule has 11 nitrogen and oxygen atoms in total. The van der Waals surface area contributed by atoms with Gasteiger partial charge in [0.15, 0.2) is 23.1 Å². The number of anilines is 1. The molecule has 3 rings (SSSR count). The van der Waals surface area contributed by atoms with Crippen LogP contribution in [0.4, 0.5) is 5.95 Å². The Kier molecular flexibility index (Phi) is 2.96. The monoisotopic (exact) mass is 298 g/mol. The molecule has 2 aromatic heterocycles. The Balaban J connectivity index is 2.12. The number of nitrogens with one attached hydrogen (secondary N) is 1. The lowest BCUT2D eigenvalue weighted by atomic mass is 10.0. The van der Waals surface area contributed by atoms with Gasteiger partial charge in [0.25, 0.3) is 5.56 Å². The second-order valence-electron chi connectivity index (χ2n) is 4.81. The number of ether oxygens (including phenoxy) is 1. The van der Waals surface area contributed by atoms with Crippen LogP contribution in [-0.2, 0) is 4.74 Å². The van der Waals surface area contributed by atoms with E-state index in [4.69, 9.17) is 21.3 Å². The molecule has 21 heavy (non-hydrogen) atoms. The number of H-pyrrole nitrogens is 1. The molecule has 0 radical (unpaired) electrons. The lowest BCUT2D eigenvalue weighted by molar-refractivity contribution is -0.0885. The van der Waals surface area contributed by atoms with Gasteiger partial charge in [-0.25, -0.2) is 4.98 Å². The van der Waals surface area contributed by atoms with Crippen LogP contribution in [-0.4, -0.2) is 59.4 Å². The topological polar surface area (TPSA) is 186 Å². The number of nitrogens with zero attached hydrogens (tertiary/aromatic N) is 3. The maximum atomic E-state index is 11.7. The van der Waals surface area contributed by atoms with Crippen LogP contribution in [0.15, 0.2) is 11.1 Å². The van der Waals surface area contributed by atoms with E-state index >= 15 is 0 Å². The minimum atomic E-state index is -2.15. The van der Waals surface area contributed by atoms with Crippen LogP contribution in [0.25, 0.3) is 11.2 Å². The van der Waals surface area contributed by atoms with Crippen LogP contribution >= 0.6 is 0 Å². The third-order valence-corrected chi connectivity index (χ3v) is 3.45. The number of imidazole rings is 1. The zero-order valence-electron chi connectivity index (χ0n) is 10.7. The molecule has 3 heterocycles. The van der Waals surface area contributed by atoms with E-state index in [9.17, 15) is 15.0 Å². The molecular weight excluding hydrogens is 284 g/mol. The first-order valence-electron chi connectivity index (χ1n) is 6.04. The molecule has 0 unspecified atom stereocenters. The van der Waals surface area contributed by atoms with E-state index in [1.165, 1.54) is 10.9 Å². The number of nitrogens with two attached hydrogens (primary N) is 2. The molecule has 0 aliphatic carbocycles. The largest absolute Gasteiger partial charge is 0.393 e. The summed E-state index contributed by atoms with van der Waals surface area (Å²) in [7, 11) is 0. The molecule has 4 atom stereocenters. The van der Waals surface area contributed by atoms with Crippen LogP contribution < -0.4 is 17.0 Å². The van der Waals surface area contributed by atoms with Crippen molar-refractivity contribution >= 4 is 17.1 Å². The molecule has 0 amide bonds. The van der Waals surface area contributed by atoms with Crippen molar-refractivity contribution in [2.45, 2.75) is 24.2 Å². The van der Waals surface area contributed by atoms with Crippen LogP contribution in [0.3, 0.4) is 0 Å². The van der Waals surface area contributed by atoms with Crippen molar-refractivity contribution in [1.82, 2.24) is 19.5 Å². The second kappa shape index (κ2) is 4.47. The van der Waals surface area contributed by atoms with Gasteiger partial charge in [0.2, 0.25) is 5.95 Å². The van der Waals surface area contributed by atoms with Crippen molar-refractivity contribution in [3.8, 4) is 0 Å². The van der Waals surface area contributed by atoms with Crippen molar-refractivity contribution in [2.24, 2.45) is 5.73 Å². The van der Waals surface area contributed by atoms with Crippen LogP contribution in [0, 0.1) is 0 Å². The molecule has 114 valence electrons. The Hall–Kier alpha value is -2.05. The normalized spacial score (nSPS) is 32.9. The SMILES string of the molecule is Nc1nc2c(ncn2[C@@H]2O[C@H](CO)[C@@](N)(O)[C@H]2O)c(=O)[nH]1. The van der Waals surface area contributed by atoms with Crippen LogP contribution in [0.2, 0.25) is 0 Å². The van der Waals surface area contributed by atoms with Gasteiger partial charge in [-0.3, -0.25) is 20.1 Å². The van der Waals surface area contributed by atoms with Crippen molar-refractivity contribution < 1.29 is 20.1 Å². The molecule has 8 N–H and O–H groups in total. The number of aliphatic hydroxyl groups excluding tert-OH is 2. The fourth-order valence-electron chi connectivity index (χ4n) is 2.31. The van der Waals surface area contributed by atoms with E-state index in [1.807, 2.05) is 0 Å². The minimum absolute atomic E-state index is 0.00647. The van der Waals surface area contributed by atoms with E-state index in [0.29, 0.717) is 0 Å². The molecular formula is C10H14N6O5. The van der Waals surface area contributed by atoms with E-state index in [0.717, 1.165) is 0 Å². The smallest absolute Gasteiger partial charge is 0.280 e. The quantitative estimate of drug-likeness (QED) is 0.307. The first kappa shape index (κ1) is 13.9. The van der Waals surface area contributed by atoms with Gasteiger partial charge in [-0.05, 0) is 0 Å². The molecule has 0 saturated carbocycles. The van der Waals surface area contributed by atoms with Gasteiger partial charge in [-0.1, -0.05) is 0 Å². The molecule has 0 aromatic carbocycles. The molecule has 1 aliphatic rings. The highest BCUT2D eigenvalue weighted by Crippen LogP contribution is 2.34. The maximum Gasteiger partial charge on any atom is 0.280 e. The Morgan fingerprint density at radius 3 is 2.90 bits per heavy atom. The van der Waals surface area contributed by atoms with Crippen molar-refractivity contribution in [1.29, 1.82) is 0 Å². The van der Waals surface area contributed by atoms with Crippen molar-refractivity contribution in [3.63, 3.8) is 0 Å². The van der Waals surface area contributed by atoms with Gasteiger partial charge < -0.3 is 25.8 Å². The predicted molar refractivity (Wildman–Crippen MR) is 68.7 cm³/mol. The first-order valence-corrected chi connectivity index (χ1v) is 6.04. The Morgan fingerprint density at radius 1 is 1.57 bits per heavy atom. The molecule has 2 aromatic rings. The summed E-state index contributed by atoms with van der Waals surface area (Å²) >= 11 is 0. The average Bonchev–Trinajstić information content (AvgIpc) is 2.91. The summed E-state index contributed by atoms with van der Waals surface area (Å²) in [5.74, 6) is -0.136. The highest BCUT2D eigenvalue weighted by molar-refractivity contribution is 5.70. The van der Waals surface area contributed by atoms with Crippen molar-refractivity contribution in [3.05, 3.63) is 16.7 Å². The highest BCUT2D eigenvalue weighted by atomic mass is 16.6. The third kappa shape index (κ3) is 1.91. The fourth-order valence-corrected chi connectivity index (χ4v) is 2.31. The van der Waals surface area contributed by atoms with Gasteiger partial charge in [0, 0.05) is 0 Å². The first-order chi connectivity index (χ1) is 9.86. The summed E-state index contributed by atoms with van der Waals surface area (Å²) in [6.07, 6.45) is -2.73. The Bertz CT molecular complexity index is 739. The van der Waals surface area contributed by atoms with E-state index in [-0.39, 0.29) is 17.1 Å². The lowest BCUT2D eigenvalue weighted by Gasteiger charge is -2.24. The molecule has 0 spiro atoms. The zero-order valence-corrected chi connectivity index (χ0v) is 10.7. The number of fused-ring (bicyclic) bond motifs is 1. The summed E-state index contributed by atoms with van der Waals surface area (Å²) in [5, 5.41) is 29.2. The summed E-state index contributed by atoms with van der Waals surface area (Å²) < 4.78 is 6.55. The number of hydrogen-bond donors (Lipinski definition) is 6. The standard InChI is InChI=1S/C10H14N6O5/c11-9-14-6-4(7(19)15-9)13-2-16(6)8-5(18)10(12,20)3(1-17)21-8/h2-3,5,8,17-18,20H,1,12H2,(H3,11,14,15,19)/t3-,5+,8-,10-/m1/s1. The van der Waals surface area contributed by atoms with E-state index in [1.54, 1.807) is 0 Å². The Morgan fingerprint density at radius 2 is 2.29 bits per heavy atom. The van der Waals surface area contributed by atoms with E-state index in [2.05, 4.69) is 15.0 Å². The molecule has 11 heteroatoms. The molecule has 1 fully saturated rings. The summed E-state index contributed by atoms with van der Waals surface area (Å²) in [5.41, 5.74) is 8.38. The lowest BCUT2D eigenvalue weighted by Crippen LogP contribution is -2.56. The summed E-state index contributed by atoms with van der Waals surface area (Å²) in [6.45, 7) is -0.594. The van der Waals surface area contributed by atoms with Gasteiger partial charge in [0.1, 0.15) is 12.2 Å². The highest BCUT2D eigenvalue weighted by Gasteiger charge is 2.53. The predicted octanol–water partition coefficient (Wildman–Crippen LogP) is -3.40. The van der Waals surface area contributed by atoms with Crippen LogP contribution in [0.1, 0.15) is 6.23 Å². The number of aromatic nitrogens is 4. The molecule has 1 saturated heterocycles. The van der Waals surface area contributed by atoms with Gasteiger partial charge >= 0.3 is 0 Å². The minimum Gasteiger partial charge on any atom is -0.393 e. The number of rotatable bonds is 2. The third-order valence-electron chi connectivity index (χ3n) is 3.45. The second-order valence-corrected chi connectivity index (χ2v) is 4.81. The van der Waals surface area contributed by atoms with Gasteiger partial charge in [0.05, 0.1) is 12.9 Å². The van der Waals surface area contributed by atoms with Crippen LogP contribution in [0.5, 0.6) is 0 Å². The average molecular weight is 298 g/mol. The fraction of sp³-hybridized carbons (Fsp3) is 0.500. The molecule has 0 bridgehead atoms. The number of nitrogen functional groups attached to an aromatic ring is 1. The summed E-state index contributed by atoms with van der Waals surface area (Å²) in [4.78, 5) is 21.8. The zero-order chi connectivity index (χ0) is 15.4. The maximum absolute atomic E-state index is 11.7. The van der Waals surface area contributed by atoms with Gasteiger partial charge in [-0.15, -0.1) is 0 Å². The number of hydrogen-bond acceptors (Lipinski definition) is 9. The van der Waals surface area contributed by atoms with Gasteiger partial charge in [-0.2, -0.15) is 4.98 Å².